The molecule has 0 bridgehead atoms. The summed E-state index contributed by atoms with van der Waals surface area (Å²) in [5.41, 5.74) is 0.939. The Labute approximate surface area is 168 Å². The normalized spacial score (nSPS) is 10.7. The number of halogens is 2. The number of carbonyl (C=O) groups is 1. The van der Waals surface area contributed by atoms with E-state index in [0.29, 0.717) is 11.4 Å². The molecule has 0 aliphatic heterocycles. The van der Waals surface area contributed by atoms with E-state index in [9.17, 15) is 23.7 Å². The molecule has 9 nitrogen and oxygen atoms in total. The highest BCUT2D eigenvalue weighted by Gasteiger charge is 2.16. The summed E-state index contributed by atoms with van der Waals surface area (Å²) in [4.78, 5) is 22.8. The number of nitro benzene ring substituents is 1. The van der Waals surface area contributed by atoms with Crippen molar-refractivity contribution >= 4 is 17.3 Å². The molecule has 0 radical (unpaired) electrons. The second-order valence-corrected chi connectivity index (χ2v) is 6.02. The molecule has 11 heteroatoms. The van der Waals surface area contributed by atoms with Gasteiger partial charge in [-0.15, -0.1) is 0 Å². The highest BCUT2D eigenvalue weighted by atomic mass is 19.3. The van der Waals surface area contributed by atoms with E-state index in [4.69, 9.17) is 9.47 Å². The number of alkyl halides is 2. The number of benzene rings is 2. The lowest BCUT2D eigenvalue weighted by Gasteiger charge is -2.09. The number of aromatic amines is 1. The Morgan fingerprint density at radius 1 is 1.20 bits per heavy atom. The van der Waals surface area contributed by atoms with Crippen molar-refractivity contribution in [3.05, 3.63) is 64.3 Å². The zero-order valence-corrected chi connectivity index (χ0v) is 15.6. The summed E-state index contributed by atoms with van der Waals surface area (Å²) >= 11 is 0. The van der Waals surface area contributed by atoms with Crippen LogP contribution in [0.15, 0.2) is 48.5 Å². The molecular weight excluding hydrogens is 402 g/mol. The van der Waals surface area contributed by atoms with E-state index in [2.05, 4.69) is 15.5 Å². The standard InChI is InChI=1S/C19H16F2N4O5/c1-29-14-4-2-11(3-5-14)16-9-17(24-23-16)19(26)22-12-6-13(25(27)28)8-15(7-12)30-10-18(20)21/h2-9,18H,10H2,1H3,(H,22,26)(H,23,24). The number of anilines is 1. The van der Waals surface area contributed by atoms with Gasteiger partial charge in [0.05, 0.1) is 29.5 Å². The number of rotatable bonds is 8. The monoisotopic (exact) mass is 418 g/mol. The molecule has 156 valence electrons. The van der Waals surface area contributed by atoms with Gasteiger partial charge in [-0.05, 0) is 30.3 Å². The van der Waals surface area contributed by atoms with Gasteiger partial charge in [0.25, 0.3) is 18.0 Å². The number of nitrogens with one attached hydrogen (secondary N) is 2. The Morgan fingerprint density at radius 3 is 2.57 bits per heavy atom. The van der Waals surface area contributed by atoms with Crippen LogP contribution in [-0.2, 0) is 0 Å². The van der Waals surface area contributed by atoms with Crippen LogP contribution in [0.3, 0.4) is 0 Å². The molecule has 1 aromatic heterocycles. The van der Waals surface area contributed by atoms with E-state index in [1.807, 2.05) is 0 Å². The molecule has 2 aromatic carbocycles. The summed E-state index contributed by atoms with van der Waals surface area (Å²) < 4.78 is 34.6. The number of nitrogens with zero attached hydrogens (tertiary/aromatic N) is 2. The average molecular weight is 418 g/mol. The van der Waals surface area contributed by atoms with Crippen LogP contribution >= 0.6 is 0 Å². The third kappa shape index (κ3) is 5.07. The number of nitro groups is 1. The van der Waals surface area contributed by atoms with Crippen molar-refractivity contribution in [2.45, 2.75) is 6.43 Å². The van der Waals surface area contributed by atoms with E-state index in [1.165, 1.54) is 12.1 Å². The van der Waals surface area contributed by atoms with Gasteiger partial charge < -0.3 is 14.8 Å². The molecular formula is C19H16F2N4O5. The van der Waals surface area contributed by atoms with Gasteiger partial charge in [-0.2, -0.15) is 5.10 Å². The van der Waals surface area contributed by atoms with Gasteiger partial charge >= 0.3 is 0 Å². The van der Waals surface area contributed by atoms with Crippen LogP contribution in [0.4, 0.5) is 20.2 Å². The number of ether oxygens (including phenoxy) is 2. The number of methoxy groups -OCH3 is 1. The first-order chi connectivity index (χ1) is 14.4. The quantitative estimate of drug-likeness (QED) is 0.423. The molecule has 0 aliphatic carbocycles. The first-order valence-electron chi connectivity index (χ1n) is 8.57. The topological polar surface area (TPSA) is 119 Å². The Hall–Kier alpha value is -4.02. The van der Waals surface area contributed by atoms with E-state index in [-0.39, 0.29) is 17.1 Å². The van der Waals surface area contributed by atoms with Gasteiger partial charge in [-0.3, -0.25) is 20.0 Å². The van der Waals surface area contributed by atoms with Crippen molar-refractivity contribution in [3.63, 3.8) is 0 Å². The first-order valence-corrected chi connectivity index (χ1v) is 8.57. The lowest BCUT2D eigenvalue weighted by molar-refractivity contribution is -0.384. The number of carbonyl (C=O) groups excluding carboxylic acids is 1. The van der Waals surface area contributed by atoms with Crippen LogP contribution < -0.4 is 14.8 Å². The van der Waals surface area contributed by atoms with Crippen LogP contribution in [0.2, 0.25) is 0 Å². The van der Waals surface area contributed by atoms with E-state index < -0.39 is 29.6 Å². The molecule has 1 amide bonds. The summed E-state index contributed by atoms with van der Waals surface area (Å²) in [5.74, 6) is -0.117. The number of hydrogen-bond donors (Lipinski definition) is 2. The van der Waals surface area contributed by atoms with Crippen molar-refractivity contribution in [1.82, 2.24) is 10.2 Å². The Morgan fingerprint density at radius 2 is 1.93 bits per heavy atom. The maximum Gasteiger partial charge on any atom is 0.275 e. The third-order valence-electron chi connectivity index (χ3n) is 3.94. The number of non-ortho nitro benzene ring substituents is 1. The maximum atomic E-state index is 12.5. The van der Waals surface area contributed by atoms with Crippen LogP contribution in [-0.4, -0.2) is 41.2 Å². The van der Waals surface area contributed by atoms with Crippen LogP contribution in [0.1, 0.15) is 10.5 Å². The summed E-state index contributed by atoms with van der Waals surface area (Å²) in [6.07, 6.45) is -2.75. The predicted octanol–water partition coefficient (Wildman–Crippen LogP) is 3.89. The fourth-order valence-corrected chi connectivity index (χ4v) is 2.55. The molecule has 0 saturated heterocycles. The molecule has 30 heavy (non-hydrogen) atoms. The van der Waals surface area contributed by atoms with Crippen LogP contribution in [0, 0.1) is 10.1 Å². The molecule has 0 aliphatic rings. The Balaban J connectivity index is 1.78. The lowest BCUT2D eigenvalue weighted by atomic mass is 10.1. The fourth-order valence-electron chi connectivity index (χ4n) is 2.55. The van der Waals surface area contributed by atoms with Crippen LogP contribution in [0.5, 0.6) is 11.5 Å². The molecule has 0 saturated carbocycles. The van der Waals surface area contributed by atoms with E-state index >= 15 is 0 Å². The maximum absolute atomic E-state index is 12.5. The van der Waals surface area contributed by atoms with Crippen molar-refractivity contribution in [2.24, 2.45) is 0 Å². The SMILES string of the molecule is COc1ccc(-c2cc(C(=O)Nc3cc(OCC(F)F)cc([N+](=O)[O-])c3)[nH]n2)cc1. The number of H-pyrrole nitrogens is 1. The zero-order chi connectivity index (χ0) is 21.7. The molecule has 0 spiro atoms. The molecule has 3 aromatic rings. The van der Waals surface area contributed by atoms with Crippen molar-refractivity contribution in [1.29, 1.82) is 0 Å². The summed E-state index contributed by atoms with van der Waals surface area (Å²) in [6, 6.07) is 11.8. The first kappa shape index (κ1) is 20.7. The van der Waals surface area contributed by atoms with Gasteiger partial charge in [0.2, 0.25) is 0 Å². The Bertz CT molecular complexity index is 1050. The molecule has 0 atom stereocenters. The number of hydrogen-bond acceptors (Lipinski definition) is 6. The second-order valence-electron chi connectivity index (χ2n) is 6.02. The highest BCUT2D eigenvalue weighted by Crippen LogP contribution is 2.27. The third-order valence-corrected chi connectivity index (χ3v) is 3.94. The second kappa shape index (κ2) is 8.99. The number of aromatic nitrogens is 2. The van der Waals surface area contributed by atoms with Gasteiger partial charge in [-0.25, -0.2) is 8.78 Å². The average Bonchev–Trinajstić information content (AvgIpc) is 3.22. The minimum absolute atomic E-state index is 0.0130. The van der Waals surface area contributed by atoms with E-state index in [1.54, 1.807) is 31.4 Å². The van der Waals surface area contributed by atoms with E-state index in [0.717, 1.165) is 17.7 Å². The minimum atomic E-state index is -2.75. The molecule has 0 unspecified atom stereocenters. The smallest absolute Gasteiger partial charge is 0.275 e. The largest absolute Gasteiger partial charge is 0.497 e. The lowest BCUT2D eigenvalue weighted by Crippen LogP contribution is -2.13. The van der Waals surface area contributed by atoms with Crippen molar-refractivity contribution in [3.8, 4) is 22.8 Å². The van der Waals surface area contributed by atoms with Crippen molar-refractivity contribution in [2.75, 3.05) is 19.0 Å². The summed E-state index contributed by atoms with van der Waals surface area (Å²) in [5, 5.41) is 20.2. The zero-order valence-electron chi connectivity index (χ0n) is 15.6. The Kier molecular flexibility index (Phi) is 6.20. The van der Waals surface area contributed by atoms with Crippen LogP contribution in [0.25, 0.3) is 11.3 Å². The number of amides is 1. The summed E-state index contributed by atoms with van der Waals surface area (Å²) in [6.45, 7) is -0.930. The van der Waals surface area contributed by atoms with Gasteiger partial charge in [0.15, 0.2) is 0 Å². The molecule has 2 N–H and O–H groups in total. The predicted molar refractivity (Wildman–Crippen MR) is 103 cm³/mol. The molecule has 0 fully saturated rings. The fraction of sp³-hybridized carbons (Fsp3) is 0.158. The van der Waals surface area contributed by atoms with Gasteiger partial charge in [0, 0.05) is 17.7 Å². The molecule has 1 heterocycles. The van der Waals surface area contributed by atoms with Gasteiger partial charge in [-0.1, -0.05) is 0 Å². The summed E-state index contributed by atoms with van der Waals surface area (Å²) in [7, 11) is 1.55. The minimum Gasteiger partial charge on any atom is -0.497 e. The van der Waals surface area contributed by atoms with Gasteiger partial charge in [0.1, 0.15) is 23.8 Å². The molecule has 3 rings (SSSR count). The highest BCUT2D eigenvalue weighted by molar-refractivity contribution is 6.03. The van der Waals surface area contributed by atoms with Crippen molar-refractivity contribution < 1.29 is 28.0 Å².